The van der Waals surface area contributed by atoms with Crippen molar-refractivity contribution in [1.82, 2.24) is 4.98 Å². The Morgan fingerprint density at radius 1 is 1.18 bits per heavy atom. The van der Waals surface area contributed by atoms with Gasteiger partial charge in [-0.3, -0.25) is 0 Å². The largest absolute Gasteiger partial charge is 0.495 e. The molecule has 0 atom stereocenters. The molecule has 0 unspecified atom stereocenters. The van der Waals surface area contributed by atoms with Crippen molar-refractivity contribution in [2.24, 2.45) is 0 Å². The molecule has 1 aromatic heterocycles. The van der Waals surface area contributed by atoms with E-state index in [2.05, 4.69) is 16.6 Å². The molecular weight excluding hydrogens is 257 g/mol. The van der Waals surface area contributed by atoms with Gasteiger partial charge in [-0.1, -0.05) is 25.4 Å². The molecule has 17 heavy (non-hydrogen) atoms. The van der Waals surface area contributed by atoms with Gasteiger partial charge in [0.25, 0.3) is 0 Å². The molecule has 0 spiro atoms. The molecule has 0 aliphatic carbocycles. The first kappa shape index (κ1) is 16.1. The molecule has 0 saturated heterocycles. The predicted octanol–water partition coefficient (Wildman–Crippen LogP) is 5.02. The normalized spacial score (nSPS) is 8.88. The van der Waals surface area contributed by atoms with Gasteiger partial charge in [-0.2, -0.15) is 0 Å². The molecule has 2 nitrogen and oxygen atoms in total. The highest BCUT2D eigenvalue weighted by Crippen LogP contribution is 2.32. The zero-order chi connectivity index (χ0) is 13.4. The van der Waals surface area contributed by atoms with Crippen LogP contribution in [-0.2, 0) is 0 Å². The Morgan fingerprint density at radius 3 is 2.29 bits per heavy atom. The molecule has 0 radical (unpaired) electrons. The lowest BCUT2D eigenvalue weighted by atomic mass is 10.2. The van der Waals surface area contributed by atoms with Gasteiger partial charge in [-0.25, -0.2) is 0 Å². The van der Waals surface area contributed by atoms with Crippen molar-refractivity contribution in [3.05, 3.63) is 28.9 Å². The van der Waals surface area contributed by atoms with E-state index in [1.807, 2.05) is 39.1 Å². The van der Waals surface area contributed by atoms with E-state index in [1.54, 1.807) is 7.11 Å². The third kappa shape index (κ3) is 3.55. The highest BCUT2D eigenvalue weighted by Gasteiger charge is 2.07. The van der Waals surface area contributed by atoms with Crippen LogP contribution in [0.1, 0.15) is 19.4 Å². The lowest BCUT2D eigenvalue weighted by Crippen LogP contribution is -1.84. The van der Waals surface area contributed by atoms with E-state index in [0.717, 1.165) is 10.9 Å². The number of alkyl halides is 1. The number of benzene rings is 1. The third-order valence-corrected chi connectivity index (χ3v) is 2.56. The highest BCUT2D eigenvalue weighted by molar-refractivity contribution is 6.36. The number of nitrogens with one attached hydrogen (secondary N) is 1. The number of methoxy groups -OCH3 is 1. The number of halogens is 2. The van der Waals surface area contributed by atoms with Crippen molar-refractivity contribution < 1.29 is 4.74 Å². The number of fused-ring (bicyclic) bond motifs is 1. The summed E-state index contributed by atoms with van der Waals surface area (Å²) >= 11 is 10.7. The molecule has 1 aromatic carbocycles. The molecule has 0 fully saturated rings. The van der Waals surface area contributed by atoms with Crippen LogP contribution in [0.2, 0.25) is 5.02 Å². The van der Waals surface area contributed by atoms with Gasteiger partial charge >= 0.3 is 0 Å². The molecule has 96 valence electrons. The Bertz CT molecular complexity index is 452. The Hall–Kier alpha value is -0.860. The van der Waals surface area contributed by atoms with Crippen LogP contribution in [0.4, 0.5) is 0 Å². The maximum absolute atomic E-state index is 6.10. The summed E-state index contributed by atoms with van der Waals surface area (Å²) in [6, 6.07) is 3.89. The molecule has 0 aliphatic heterocycles. The second-order valence-electron chi connectivity index (χ2n) is 2.98. The Balaban J connectivity index is 0.000000581. The van der Waals surface area contributed by atoms with Crippen molar-refractivity contribution in [1.29, 1.82) is 0 Å². The summed E-state index contributed by atoms with van der Waals surface area (Å²) in [4.78, 5) is 3.12. The van der Waals surface area contributed by atoms with Crippen LogP contribution < -0.4 is 4.74 Å². The standard InChI is InChI=1S/C10H10ClNO.C2H6.CH3Cl/c1-6-5-12-10-7(6)3-4-8(13-2)9(10)11;2*1-2/h3-5,12H,1-2H3;1-2H3;1H3. The molecular formula is C13H19Cl2NO. The van der Waals surface area contributed by atoms with Crippen LogP contribution >= 0.6 is 23.2 Å². The maximum atomic E-state index is 6.10. The topological polar surface area (TPSA) is 25.0 Å². The van der Waals surface area contributed by atoms with Crippen LogP contribution in [0.15, 0.2) is 18.3 Å². The number of aromatic nitrogens is 1. The fourth-order valence-electron chi connectivity index (χ4n) is 1.44. The first-order valence-corrected chi connectivity index (χ1v) is 6.55. The molecule has 4 heteroatoms. The molecule has 0 saturated carbocycles. The second-order valence-corrected chi connectivity index (χ2v) is 3.35. The van der Waals surface area contributed by atoms with Crippen LogP contribution in [0.3, 0.4) is 0 Å². The highest BCUT2D eigenvalue weighted by atomic mass is 35.5. The molecule has 0 bridgehead atoms. The van der Waals surface area contributed by atoms with Gasteiger partial charge < -0.3 is 9.72 Å². The second kappa shape index (κ2) is 8.26. The summed E-state index contributed by atoms with van der Waals surface area (Å²) in [5, 5.41) is 1.79. The fraction of sp³-hybridized carbons (Fsp3) is 0.385. The van der Waals surface area contributed by atoms with Crippen molar-refractivity contribution in [3.8, 4) is 5.75 Å². The van der Waals surface area contributed by atoms with E-state index < -0.39 is 0 Å². The van der Waals surface area contributed by atoms with Gasteiger partial charge in [0, 0.05) is 18.0 Å². The average molecular weight is 276 g/mol. The number of aryl methyl sites for hydroxylation is 1. The molecule has 1 heterocycles. The Kier molecular flexibility index (Phi) is 7.85. The van der Waals surface area contributed by atoms with E-state index in [0.29, 0.717) is 10.8 Å². The van der Waals surface area contributed by atoms with Crippen LogP contribution in [0, 0.1) is 6.92 Å². The minimum Gasteiger partial charge on any atom is -0.495 e. The number of aromatic amines is 1. The van der Waals surface area contributed by atoms with E-state index in [4.69, 9.17) is 16.3 Å². The smallest absolute Gasteiger partial charge is 0.139 e. The quantitative estimate of drug-likeness (QED) is 0.727. The minimum absolute atomic E-state index is 0.646. The number of ether oxygens (including phenoxy) is 1. The van der Waals surface area contributed by atoms with Crippen molar-refractivity contribution in [3.63, 3.8) is 0 Å². The van der Waals surface area contributed by atoms with Crippen LogP contribution in [0.5, 0.6) is 5.75 Å². The molecule has 1 N–H and O–H groups in total. The molecule has 0 amide bonds. The minimum atomic E-state index is 0.646. The maximum Gasteiger partial charge on any atom is 0.139 e. The number of rotatable bonds is 1. The summed E-state index contributed by atoms with van der Waals surface area (Å²) in [6.07, 6.45) is 3.41. The number of H-pyrrole nitrogens is 1. The molecule has 2 aromatic rings. The van der Waals surface area contributed by atoms with Crippen molar-refractivity contribution in [2.75, 3.05) is 13.5 Å². The Morgan fingerprint density at radius 2 is 1.76 bits per heavy atom. The van der Waals surface area contributed by atoms with Gasteiger partial charge in [0.05, 0.1) is 12.6 Å². The monoisotopic (exact) mass is 275 g/mol. The summed E-state index contributed by atoms with van der Waals surface area (Å²) in [7, 11) is 1.61. The predicted molar refractivity (Wildman–Crippen MR) is 77.7 cm³/mol. The summed E-state index contributed by atoms with van der Waals surface area (Å²) in [5.41, 5.74) is 2.14. The molecule has 2 rings (SSSR count). The summed E-state index contributed by atoms with van der Waals surface area (Å²) in [6.45, 7) is 6.04. The number of hydrogen-bond acceptors (Lipinski definition) is 1. The van der Waals surface area contributed by atoms with Gasteiger partial charge in [0.2, 0.25) is 0 Å². The average Bonchev–Trinajstić information content (AvgIpc) is 2.78. The van der Waals surface area contributed by atoms with Gasteiger partial charge in [0.1, 0.15) is 10.8 Å². The summed E-state index contributed by atoms with van der Waals surface area (Å²) in [5.74, 6) is 0.705. The van der Waals surface area contributed by atoms with Gasteiger partial charge in [-0.05, 0) is 24.6 Å². The SMILES string of the molecule is CC.CCl.COc1ccc2c(C)c[nH]c2c1Cl. The molecule has 0 aliphatic rings. The third-order valence-electron chi connectivity index (χ3n) is 2.18. The Labute approximate surface area is 113 Å². The zero-order valence-corrected chi connectivity index (χ0v) is 12.4. The van der Waals surface area contributed by atoms with Crippen LogP contribution in [0.25, 0.3) is 10.9 Å². The van der Waals surface area contributed by atoms with E-state index in [1.165, 1.54) is 11.9 Å². The van der Waals surface area contributed by atoms with E-state index >= 15 is 0 Å². The number of hydrogen-bond donors (Lipinski definition) is 1. The lowest BCUT2D eigenvalue weighted by Gasteiger charge is -2.02. The fourth-order valence-corrected chi connectivity index (χ4v) is 1.74. The van der Waals surface area contributed by atoms with E-state index in [-0.39, 0.29) is 0 Å². The van der Waals surface area contributed by atoms with E-state index in [9.17, 15) is 0 Å². The van der Waals surface area contributed by atoms with Gasteiger partial charge in [0.15, 0.2) is 0 Å². The van der Waals surface area contributed by atoms with Gasteiger partial charge in [-0.15, -0.1) is 11.6 Å². The van der Waals surface area contributed by atoms with Crippen molar-refractivity contribution in [2.45, 2.75) is 20.8 Å². The first-order valence-electron chi connectivity index (χ1n) is 5.42. The lowest BCUT2D eigenvalue weighted by molar-refractivity contribution is 0.415. The summed E-state index contributed by atoms with van der Waals surface area (Å²) < 4.78 is 5.11. The zero-order valence-electron chi connectivity index (χ0n) is 10.9. The van der Waals surface area contributed by atoms with Crippen LogP contribution in [-0.4, -0.2) is 18.5 Å². The first-order chi connectivity index (χ1) is 8.24. The van der Waals surface area contributed by atoms with Crippen molar-refractivity contribution >= 4 is 34.1 Å².